The first-order chi connectivity index (χ1) is 5.34. The molecule has 0 nitrogen and oxygen atoms in total. The maximum absolute atomic E-state index is 2.42. The van der Waals surface area contributed by atoms with Crippen molar-refractivity contribution in [1.82, 2.24) is 0 Å². The molecule has 66 valence electrons. The highest BCUT2D eigenvalue weighted by molar-refractivity contribution is 5.10. The lowest BCUT2D eigenvalue weighted by Gasteiger charge is -2.07. The smallest absolute Gasteiger partial charge is 0.0234 e. The molecule has 1 unspecified atom stereocenters. The van der Waals surface area contributed by atoms with E-state index >= 15 is 0 Å². The van der Waals surface area contributed by atoms with Crippen LogP contribution in [0.1, 0.15) is 53.4 Å². The van der Waals surface area contributed by atoms with Crippen LogP contribution in [0.2, 0.25) is 0 Å². The topological polar surface area (TPSA) is 0 Å². The Hall–Kier alpha value is -0.260. The van der Waals surface area contributed by atoms with Crippen LogP contribution in [0.3, 0.4) is 0 Å². The normalized spacial score (nSPS) is 18.4. The number of rotatable bonds is 2. The summed E-state index contributed by atoms with van der Waals surface area (Å²) in [6.45, 7) is 8.60. The van der Waals surface area contributed by atoms with E-state index in [0.29, 0.717) is 0 Å². The van der Waals surface area contributed by atoms with E-state index in [2.05, 4.69) is 19.9 Å². The summed E-state index contributed by atoms with van der Waals surface area (Å²) in [4.78, 5) is 0. The fraction of sp³-hybridized carbons (Fsp3) is 0.818. The summed E-state index contributed by atoms with van der Waals surface area (Å²) >= 11 is 0. The van der Waals surface area contributed by atoms with Crippen molar-refractivity contribution in [3.8, 4) is 0 Å². The molecule has 0 saturated heterocycles. The van der Waals surface area contributed by atoms with Crippen LogP contribution < -0.4 is 0 Å². The van der Waals surface area contributed by atoms with E-state index in [4.69, 9.17) is 0 Å². The molecular weight excluding hydrogens is 132 g/mol. The minimum absolute atomic E-state index is 0.854. The van der Waals surface area contributed by atoms with Gasteiger partial charge in [-0.15, -0.1) is 0 Å². The summed E-state index contributed by atoms with van der Waals surface area (Å²) in [5.41, 5.74) is 1.71. The molecule has 1 aliphatic carbocycles. The zero-order valence-corrected chi connectivity index (χ0v) is 8.48. The fourth-order valence-corrected chi connectivity index (χ4v) is 1.41. The van der Waals surface area contributed by atoms with Crippen molar-refractivity contribution in [1.29, 1.82) is 0 Å². The van der Waals surface area contributed by atoms with Gasteiger partial charge in [0.15, 0.2) is 0 Å². The van der Waals surface area contributed by atoms with Gasteiger partial charge in [-0.2, -0.15) is 0 Å². The van der Waals surface area contributed by atoms with Crippen LogP contribution in [-0.4, -0.2) is 0 Å². The molecule has 0 heteroatoms. The van der Waals surface area contributed by atoms with E-state index in [1.807, 2.05) is 13.8 Å². The summed E-state index contributed by atoms with van der Waals surface area (Å²) in [6.07, 6.45) is 7.84. The second kappa shape index (κ2) is 6.45. The SMILES string of the molecule is CC.CCC(C)C1=CCCC1. The Kier molecular flexibility index (Phi) is 6.30. The van der Waals surface area contributed by atoms with Crippen molar-refractivity contribution >= 4 is 0 Å². The molecule has 0 spiro atoms. The molecule has 0 N–H and O–H groups in total. The average molecular weight is 154 g/mol. The van der Waals surface area contributed by atoms with Crippen LogP contribution in [0.25, 0.3) is 0 Å². The third-order valence-corrected chi connectivity index (χ3v) is 2.32. The highest BCUT2D eigenvalue weighted by Crippen LogP contribution is 2.26. The van der Waals surface area contributed by atoms with Gasteiger partial charge in [0.05, 0.1) is 0 Å². The Bertz CT molecular complexity index is 111. The van der Waals surface area contributed by atoms with Crippen LogP contribution in [0.5, 0.6) is 0 Å². The van der Waals surface area contributed by atoms with E-state index in [0.717, 1.165) is 5.92 Å². The standard InChI is InChI=1S/C9H16.C2H6/c1-3-8(2)9-6-4-5-7-9;1-2/h6,8H,3-5,7H2,1-2H3;1-2H3. The molecule has 11 heavy (non-hydrogen) atoms. The predicted octanol–water partition coefficient (Wildman–Crippen LogP) is 4.17. The molecule has 0 fully saturated rings. The van der Waals surface area contributed by atoms with Crippen LogP contribution in [0.4, 0.5) is 0 Å². The average Bonchev–Trinajstić information content (AvgIpc) is 2.59. The van der Waals surface area contributed by atoms with E-state index in [-0.39, 0.29) is 0 Å². The maximum atomic E-state index is 2.42. The molecule has 0 saturated carbocycles. The van der Waals surface area contributed by atoms with Gasteiger partial charge >= 0.3 is 0 Å². The molecule has 0 aromatic rings. The Morgan fingerprint density at radius 3 is 2.45 bits per heavy atom. The van der Waals surface area contributed by atoms with Gasteiger partial charge in [-0.3, -0.25) is 0 Å². The molecule has 0 bridgehead atoms. The molecule has 0 radical (unpaired) electrons. The number of allylic oxidation sites excluding steroid dienone is 2. The van der Waals surface area contributed by atoms with Crippen molar-refractivity contribution in [3.63, 3.8) is 0 Å². The number of hydrogen-bond acceptors (Lipinski definition) is 0. The van der Waals surface area contributed by atoms with Crippen LogP contribution in [-0.2, 0) is 0 Å². The highest BCUT2D eigenvalue weighted by Gasteiger charge is 2.09. The first-order valence-corrected chi connectivity index (χ1v) is 5.03. The van der Waals surface area contributed by atoms with Gasteiger partial charge in [0.1, 0.15) is 0 Å². The molecule has 0 aromatic heterocycles. The molecule has 0 amide bonds. The molecule has 1 aliphatic rings. The molecule has 1 atom stereocenters. The Labute approximate surface area is 71.7 Å². The van der Waals surface area contributed by atoms with Gasteiger partial charge in [-0.05, 0) is 31.6 Å². The first kappa shape index (κ1) is 10.7. The minimum atomic E-state index is 0.854. The van der Waals surface area contributed by atoms with E-state index < -0.39 is 0 Å². The Morgan fingerprint density at radius 2 is 2.09 bits per heavy atom. The highest BCUT2D eigenvalue weighted by atomic mass is 14.1. The molecule has 0 heterocycles. The van der Waals surface area contributed by atoms with Crippen LogP contribution >= 0.6 is 0 Å². The molecule has 0 aliphatic heterocycles. The lowest BCUT2D eigenvalue weighted by Crippen LogP contribution is -1.93. The van der Waals surface area contributed by atoms with Crippen molar-refractivity contribution in [2.24, 2.45) is 5.92 Å². The van der Waals surface area contributed by atoms with Gasteiger partial charge in [0.2, 0.25) is 0 Å². The second-order valence-corrected chi connectivity index (χ2v) is 2.98. The zero-order valence-electron chi connectivity index (χ0n) is 8.48. The Morgan fingerprint density at radius 1 is 1.45 bits per heavy atom. The van der Waals surface area contributed by atoms with E-state index in [9.17, 15) is 0 Å². The van der Waals surface area contributed by atoms with Gasteiger partial charge in [-0.25, -0.2) is 0 Å². The second-order valence-electron chi connectivity index (χ2n) is 2.98. The van der Waals surface area contributed by atoms with Crippen molar-refractivity contribution in [2.45, 2.75) is 53.4 Å². The third-order valence-electron chi connectivity index (χ3n) is 2.32. The van der Waals surface area contributed by atoms with Crippen LogP contribution in [0, 0.1) is 5.92 Å². The summed E-state index contributed by atoms with van der Waals surface area (Å²) in [5, 5.41) is 0. The molecule has 1 rings (SSSR count). The van der Waals surface area contributed by atoms with Crippen molar-refractivity contribution < 1.29 is 0 Å². The van der Waals surface area contributed by atoms with Crippen molar-refractivity contribution in [2.75, 3.05) is 0 Å². The Balaban J connectivity index is 0.000000461. The predicted molar refractivity (Wildman–Crippen MR) is 52.7 cm³/mol. The first-order valence-electron chi connectivity index (χ1n) is 5.03. The summed E-state index contributed by atoms with van der Waals surface area (Å²) in [5.74, 6) is 0.854. The largest absolute Gasteiger partial charge is 0.0851 e. The van der Waals surface area contributed by atoms with Gasteiger partial charge in [0, 0.05) is 0 Å². The minimum Gasteiger partial charge on any atom is -0.0851 e. The lowest BCUT2D eigenvalue weighted by atomic mass is 9.98. The van der Waals surface area contributed by atoms with E-state index in [1.54, 1.807) is 5.57 Å². The van der Waals surface area contributed by atoms with E-state index in [1.165, 1.54) is 25.7 Å². The number of hydrogen-bond donors (Lipinski definition) is 0. The van der Waals surface area contributed by atoms with Crippen molar-refractivity contribution in [3.05, 3.63) is 11.6 Å². The maximum Gasteiger partial charge on any atom is -0.0234 e. The van der Waals surface area contributed by atoms with Gasteiger partial charge in [-0.1, -0.05) is 39.3 Å². The quantitative estimate of drug-likeness (QED) is 0.524. The summed E-state index contributed by atoms with van der Waals surface area (Å²) in [7, 11) is 0. The van der Waals surface area contributed by atoms with Crippen LogP contribution in [0.15, 0.2) is 11.6 Å². The third kappa shape index (κ3) is 3.60. The fourth-order valence-electron chi connectivity index (χ4n) is 1.41. The van der Waals surface area contributed by atoms with Gasteiger partial charge < -0.3 is 0 Å². The molecular formula is C11H22. The zero-order chi connectivity index (χ0) is 8.69. The monoisotopic (exact) mass is 154 g/mol. The summed E-state index contributed by atoms with van der Waals surface area (Å²) in [6, 6.07) is 0. The summed E-state index contributed by atoms with van der Waals surface area (Å²) < 4.78 is 0. The van der Waals surface area contributed by atoms with Gasteiger partial charge in [0.25, 0.3) is 0 Å². The lowest BCUT2D eigenvalue weighted by molar-refractivity contribution is 0.633. The molecule has 0 aromatic carbocycles.